The van der Waals surface area contributed by atoms with Crippen LogP contribution < -0.4 is 5.32 Å². The molecule has 0 aromatic heterocycles. The van der Waals surface area contributed by atoms with Gasteiger partial charge >= 0.3 is 5.97 Å². The molecule has 1 saturated heterocycles. The molecule has 130 valence electrons. The maximum Gasteiger partial charge on any atom is 0.323 e. The summed E-state index contributed by atoms with van der Waals surface area (Å²) in [5.41, 5.74) is 0.0651. The van der Waals surface area contributed by atoms with Crippen LogP contribution in [0.1, 0.15) is 23.1 Å². The van der Waals surface area contributed by atoms with Gasteiger partial charge in [-0.3, -0.25) is 10.1 Å². The molecule has 6 heteroatoms. The number of halogens is 1. The number of hydrogen-bond acceptors (Lipinski definition) is 5. The summed E-state index contributed by atoms with van der Waals surface area (Å²) in [6.45, 7) is 0. The first-order valence-corrected chi connectivity index (χ1v) is 8.83. The molecule has 1 aliphatic heterocycles. The van der Waals surface area contributed by atoms with Crippen LogP contribution in [0.3, 0.4) is 0 Å². The first kappa shape index (κ1) is 18.1. The molecule has 0 bridgehead atoms. The van der Waals surface area contributed by atoms with Crippen molar-refractivity contribution in [1.29, 1.82) is 10.5 Å². The van der Waals surface area contributed by atoms with Gasteiger partial charge < -0.3 is 4.74 Å². The lowest BCUT2D eigenvalue weighted by Crippen LogP contribution is -2.37. The average molecular weight is 410 g/mol. The maximum atomic E-state index is 12.4. The van der Waals surface area contributed by atoms with Crippen molar-refractivity contribution in [3.8, 4) is 12.1 Å². The molecule has 5 nitrogen and oxygen atoms in total. The summed E-state index contributed by atoms with van der Waals surface area (Å²) in [5.74, 6) is -1.16. The zero-order chi connectivity index (χ0) is 18.7. The highest BCUT2D eigenvalue weighted by atomic mass is 79.9. The molecule has 3 atom stereocenters. The minimum Gasteiger partial charge on any atom is -0.468 e. The predicted octanol–water partition coefficient (Wildman–Crippen LogP) is 3.45. The van der Waals surface area contributed by atoms with Crippen LogP contribution >= 0.6 is 15.9 Å². The number of methoxy groups -OCH3 is 1. The van der Waals surface area contributed by atoms with Crippen molar-refractivity contribution < 1.29 is 9.53 Å². The van der Waals surface area contributed by atoms with E-state index in [1.54, 1.807) is 0 Å². The standard InChI is InChI=1S/C20H16BrN3O2/c1-26-19(25)17-16(13-7-9-15(21)10-8-13)20(11-22,12-23)18(24-17)14-5-3-2-4-6-14/h2-10,16-18,24H,1H3. The van der Waals surface area contributed by atoms with Crippen molar-refractivity contribution in [3.63, 3.8) is 0 Å². The van der Waals surface area contributed by atoms with E-state index in [0.717, 1.165) is 15.6 Å². The van der Waals surface area contributed by atoms with E-state index in [2.05, 4.69) is 33.4 Å². The van der Waals surface area contributed by atoms with Gasteiger partial charge in [0, 0.05) is 10.4 Å². The molecule has 0 amide bonds. The Kier molecular flexibility index (Phi) is 5.08. The van der Waals surface area contributed by atoms with Crippen molar-refractivity contribution in [2.24, 2.45) is 5.41 Å². The highest BCUT2D eigenvalue weighted by Gasteiger charge is 2.59. The molecule has 2 aromatic carbocycles. The Balaban J connectivity index is 2.19. The molecule has 26 heavy (non-hydrogen) atoms. The van der Waals surface area contributed by atoms with Crippen LogP contribution in [0.25, 0.3) is 0 Å². The summed E-state index contributed by atoms with van der Waals surface area (Å²) < 4.78 is 5.82. The lowest BCUT2D eigenvalue weighted by molar-refractivity contribution is -0.143. The fourth-order valence-electron chi connectivity index (χ4n) is 3.60. The first-order valence-electron chi connectivity index (χ1n) is 8.04. The second-order valence-corrected chi connectivity index (χ2v) is 7.05. The highest BCUT2D eigenvalue weighted by molar-refractivity contribution is 9.10. The van der Waals surface area contributed by atoms with Gasteiger partial charge in [0.25, 0.3) is 0 Å². The smallest absolute Gasteiger partial charge is 0.323 e. The SMILES string of the molecule is COC(=O)C1NC(c2ccccc2)C(C#N)(C#N)C1c1ccc(Br)cc1. The van der Waals surface area contributed by atoms with Gasteiger partial charge in [-0.05, 0) is 23.3 Å². The summed E-state index contributed by atoms with van der Waals surface area (Å²) in [4.78, 5) is 12.4. The third-order valence-corrected chi connectivity index (χ3v) is 5.34. The third-order valence-electron chi connectivity index (χ3n) is 4.81. The fraction of sp³-hybridized carbons (Fsp3) is 0.250. The number of benzene rings is 2. The summed E-state index contributed by atoms with van der Waals surface area (Å²) in [6, 6.07) is 19.5. The number of nitrogens with zero attached hydrogens (tertiary/aromatic N) is 2. The van der Waals surface area contributed by atoms with Crippen LogP contribution in [0.5, 0.6) is 0 Å². The van der Waals surface area contributed by atoms with Gasteiger partial charge in [-0.25, -0.2) is 0 Å². The van der Waals surface area contributed by atoms with Crippen molar-refractivity contribution in [1.82, 2.24) is 5.32 Å². The van der Waals surface area contributed by atoms with E-state index >= 15 is 0 Å². The zero-order valence-electron chi connectivity index (χ0n) is 14.0. The minimum atomic E-state index is -1.45. The molecule has 3 unspecified atom stereocenters. The van der Waals surface area contributed by atoms with Crippen molar-refractivity contribution in [2.75, 3.05) is 7.11 Å². The molecular formula is C20H16BrN3O2. The highest BCUT2D eigenvalue weighted by Crippen LogP contribution is 2.52. The summed E-state index contributed by atoms with van der Waals surface area (Å²) in [6.07, 6.45) is 0. The van der Waals surface area contributed by atoms with Gasteiger partial charge in [0.2, 0.25) is 0 Å². The summed E-state index contributed by atoms with van der Waals surface area (Å²) in [7, 11) is 1.30. The molecule has 1 heterocycles. The van der Waals surface area contributed by atoms with E-state index in [1.807, 2.05) is 54.6 Å². The van der Waals surface area contributed by atoms with Crippen molar-refractivity contribution in [3.05, 3.63) is 70.2 Å². The number of carbonyl (C=O) groups excluding carboxylic acids is 1. The topological polar surface area (TPSA) is 85.9 Å². The summed E-state index contributed by atoms with van der Waals surface area (Å²) in [5, 5.41) is 23.2. The van der Waals surface area contributed by atoms with E-state index in [4.69, 9.17) is 4.74 Å². The number of hydrogen-bond donors (Lipinski definition) is 1. The Labute approximate surface area is 160 Å². The second kappa shape index (κ2) is 7.29. The molecule has 1 fully saturated rings. The number of nitrogens with one attached hydrogen (secondary N) is 1. The third kappa shape index (κ3) is 2.88. The monoisotopic (exact) mass is 409 g/mol. The number of rotatable bonds is 3. The van der Waals surface area contributed by atoms with Crippen LogP contribution in [0, 0.1) is 28.1 Å². The van der Waals surface area contributed by atoms with Gasteiger partial charge in [-0.1, -0.05) is 58.4 Å². The van der Waals surface area contributed by atoms with Crippen LogP contribution in [-0.2, 0) is 9.53 Å². The van der Waals surface area contributed by atoms with Crippen LogP contribution in [0.4, 0.5) is 0 Å². The molecule has 3 rings (SSSR count). The Morgan fingerprint density at radius 1 is 1.08 bits per heavy atom. The zero-order valence-corrected chi connectivity index (χ0v) is 15.6. The van der Waals surface area contributed by atoms with Gasteiger partial charge in [-0.15, -0.1) is 0 Å². The first-order chi connectivity index (χ1) is 12.6. The number of nitriles is 2. The van der Waals surface area contributed by atoms with Crippen LogP contribution in [0.15, 0.2) is 59.1 Å². The second-order valence-electron chi connectivity index (χ2n) is 6.13. The van der Waals surface area contributed by atoms with Gasteiger partial charge in [0.15, 0.2) is 5.41 Å². The van der Waals surface area contributed by atoms with E-state index in [-0.39, 0.29) is 0 Å². The van der Waals surface area contributed by atoms with Gasteiger partial charge in [0.05, 0.1) is 25.3 Å². The van der Waals surface area contributed by atoms with E-state index in [1.165, 1.54) is 7.11 Å². The van der Waals surface area contributed by atoms with Crippen molar-refractivity contribution in [2.45, 2.75) is 18.0 Å². The molecule has 0 saturated carbocycles. The molecule has 1 N–H and O–H groups in total. The maximum absolute atomic E-state index is 12.4. The summed E-state index contributed by atoms with van der Waals surface area (Å²) >= 11 is 3.39. The van der Waals surface area contributed by atoms with Crippen LogP contribution in [-0.4, -0.2) is 19.1 Å². The Hall–Kier alpha value is -2.67. The van der Waals surface area contributed by atoms with E-state index in [9.17, 15) is 15.3 Å². The Bertz CT molecular complexity index is 870. The molecule has 0 radical (unpaired) electrons. The van der Waals surface area contributed by atoms with E-state index in [0.29, 0.717) is 0 Å². The Morgan fingerprint density at radius 3 is 2.23 bits per heavy atom. The van der Waals surface area contributed by atoms with Gasteiger partial charge in [-0.2, -0.15) is 10.5 Å². The number of ether oxygens (including phenoxy) is 1. The fourth-order valence-corrected chi connectivity index (χ4v) is 3.87. The molecule has 0 aliphatic carbocycles. The lowest BCUT2D eigenvalue weighted by Gasteiger charge is -2.27. The van der Waals surface area contributed by atoms with Crippen LogP contribution in [0.2, 0.25) is 0 Å². The normalized spacial score (nSPS) is 23.6. The predicted molar refractivity (Wildman–Crippen MR) is 98.7 cm³/mol. The largest absolute Gasteiger partial charge is 0.468 e. The van der Waals surface area contributed by atoms with Crippen molar-refractivity contribution >= 4 is 21.9 Å². The number of carbonyl (C=O) groups is 1. The molecule has 0 spiro atoms. The lowest BCUT2D eigenvalue weighted by atomic mass is 9.69. The quantitative estimate of drug-likeness (QED) is 0.784. The van der Waals surface area contributed by atoms with Gasteiger partial charge in [0.1, 0.15) is 6.04 Å². The number of esters is 1. The van der Waals surface area contributed by atoms with E-state index < -0.39 is 29.4 Å². The molecule has 1 aliphatic rings. The molecular weight excluding hydrogens is 394 g/mol. The molecule has 2 aromatic rings. The average Bonchev–Trinajstić information content (AvgIpc) is 3.04. The Morgan fingerprint density at radius 2 is 1.69 bits per heavy atom. The minimum absolute atomic E-state index is 0.494.